The van der Waals surface area contributed by atoms with Crippen LogP contribution in [0.15, 0.2) is 54.7 Å². The van der Waals surface area contributed by atoms with Gasteiger partial charge < -0.3 is 10.5 Å². The Morgan fingerprint density at radius 1 is 1.06 bits per heavy atom. The first-order valence-corrected chi connectivity index (χ1v) is 10.8. The molecule has 0 aliphatic carbocycles. The molecular formula is C24H24FN7O. The quantitative estimate of drug-likeness (QED) is 0.483. The molecule has 0 radical (unpaired) electrons. The van der Waals surface area contributed by atoms with E-state index in [4.69, 9.17) is 10.5 Å². The smallest absolute Gasteiger partial charge is 0.190 e. The molecule has 2 aromatic heterocycles. The van der Waals surface area contributed by atoms with Crippen LogP contribution < -0.4 is 10.5 Å². The zero-order chi connectivity index (χ0) is 22.8. The minimum atomic E-state index is -0.565. The Morgan fingerprint density at radius 3 is 2.61 bits per heavy atom. The summed E-state index contributed by atoms with van der Waals surface area (Å²) in [5, 5.41) is 11.8. The molecule has 2 N–H and O–H groups in total. The van der Waals surface area contributed by atoms with E-state index >= 15 is 0 Å². The van der Waals surface area contributed by atoms with Crippen LogP contribution >= 0.6 is 0 Å². The fourth-order valence-corrected chi connectivity index (χ4v) is 4.15. The Balaban J connectivity index is 1.48. The SMILES string of the molecule is COc1cccc(-n2nnnc2-c2cc(-c3ccc(CN4CCCC4)cc3)cnc2N)c1F. The number of anilines is 1. The first-order valence-electron chi connectivity index (χ1n) is 10.8. The van der Waals surface area contributed by atoms with E-state index < -0.39 is 5.82 Å². The van der Waals surface area contributed by atoms with Crippen LogP contribution in [0.2, 0.25) is 0 Å². The highest BCUT2D eigenvalue weighted by Gasteiger charge is 2.20. The van der Waals surface area contributed by atoms with E-state index in [2.05, 4.69) is 49.7 Å². The Bertz CT molecular complexity index is 1270. The van der Waals surface area contributed by atoms with Crippen molar-refractivity contribution in [1.29, 1.82) is 0 Å². The van der Waals surface area contributed by atoms with Gasteiger partial charge in [0.2, 0.25) is 0 Å². The first kappa shape index (κ1) is 21.0. The molecule has 9 heteroatoms. The zero-order valence-electron chi connectivity index (χ0n) is 18.3. The third-order valence-electron chi connectivity index (χ3n) is 5.91. The molecule has 168 valence electrons. The first-order chi connectivity index (χ1) is 16.1. The molecule has 0 bridgehead atoms. The number of ether oxygens (including phenoxy) is 1. The van der Waals surface area contributed by atoms with Crippen molar-refractivity contribution >= 4 is 5.82 Å². The summed E-state index contributed by atoms with van der Waals surface area (Å²) in [7, 11) is 1.41. The molecule has 0 unspecified atom stereocenters. The number of nitrogens with two attached hydrogens (primary N) is 1. The highest BCUT2D eigenvalue weighted by atomic mass is 19.1. The van der Waals surface area contributed by atoms with Crippen LogP contribution in [0, 0.1) is 5.82 Å². The molecule has 1 fully saturated rings. The third kappa shape index (κ3) is 4.14. The van der Waals surface area contributed by atoms with Crippen LogP contribution in [0.3, 0.4) is 0 Å². The van der Waals surface area contributed by atoms with Gasteiger partial charge in [0.15, 0.2) is 17.4 Å². The summed E-state index contributed by atoms with van der Waals surface area (Å²) in [6.07, 6.45) is 4.27. The number of hydrogen-bond donors (Lipinski definition) is 1. The van der Waals surface area contributed by atoms with Crippen LogP contribution in [-0.4, -0.2) is 50.3 Å². The van der Waals surface area contributed by atoms with Crippen molar-refractivity contribution in [2.75, 3.05) is 25.9 Å². The lowest BCUT2D eigenvalue weighted by Gasteiger charge is -2.15. The van der Waals surface area contributed by atoms with E-state index in [0.717, 1.165) is 30.8 Å². The number of likely N-dealkylation sites (tertiary alicyclic amines) is 1. The zero-order valence-corrected chi connectivity index (χ0v) is 18.3. The summed E-state index contributed by atoms with van der Waals surface area (Å²) < 4.78 is 21.3. The van der Waals surface area contributed by atoms with Gasteiger partial charge in [-0.05, 0) is 65.7 Å². The van der Waals surface area contributed by atoms with Gasteiger partial charge in [-0.25, -0.2) is 9.37 Å². The minimum absolute atomic E-state index is 0.0998. The van der Waals surface area contributed by atoms with E-state index in [-0.39, 0.29) is 17.3 Å². The predicted octanol–water partition coefficient (Wildman–Crippen LogP) is 3.72. The number of methoxy groups -OCH3 is 1. The molecule has 3 heterocycles. The highest BCUT2D eigenvalue weighted by Crippen LogP contribution is 2.31. The van der Waals surface area contributed by atoms with Gasteiger partial charge >= 0.3 is 0 Å². The second-order valence-corrected chi connectivity index (χ2v) is 8.04. The maximum atomic E-state index is 14.9. The number of rotatable bonds is 6. The van der Waals surface area contributed by atoms with Crippen LogP contribution in [0.4, 0.5) is 10.2 Å². The van der Waals surface area contributed by atoms with Gasteiger partial charge in [0.05, 0.1) is 12.7 Å². The van der Waals surface area contributed by atoms with E-state index in [9.17, 15) is 4.39 Å². The average molecular weight is 446 g/mol. The van der Waals surface area contributed by atoms with E-state index in [1.807, 2.05) is 6.07 Å². The summed E-state index contributed by atoms with van der Waals surface area (Å²) in [5.74, 6) is 0.0797. The molecule has 2 aromatic carbocycles. The van der Waals surface area contributed by atoms with Crippen molar-refractivity contribution in [2.24, 2.45) is 0 Å². The lowest BCUT2D eigenvalue weighted by Crippen LogP contribution is -2.18. The monoisotopic (exact) mass is 445 g/mol. The minimum Gasteiger partial charge on any atom is -0.494 e. The lowest BCUT2D eigenvalue weighted by atomic mass is 10.0. The summed E-state index contributed by atoms with van der Waals surface area (Å²) in [5.41, 5.74) is 9.99. The number of aromatic nitrogens is 5. The number of benzene rings is 2. The van der Waals surface area contributed by atoms with Crippen LogP contribution in [0.5, 0.6) is 5.75 Å². The Morgan fingerprint density at radius 2 is 1.85 bits per heavy atom. The normalized spacial score (nSPS) is 14.0. The molecule has 0 saturated carbocycles. The molecular weight excluding hydrogens is 421 g/mol. The van der Waals surface area contributed by atoms with Gasteiger partial charge in [-0.3, -0.25) is 4.90 Å². The van der Waals surface area contributed by atoms with Crippen LogP contribution in [0.1, 0.15) is 18.4 Å². The van der Waals surface area contributed by atoms with E-state index in [1.165, 1.54) is 36.3 Å². The van der Waals surface area contributed by atoms with Gasteiger partial charge in [0, 0.05) is 18.3 Å². The van der Waals surface area contributed by atoms with Crippen molar-refractivity contribution < 1.29 is 9.13 Å². The molecule has 5 rings (SSSR count). The van der Waals surface area contributed by atoms with Gasteiger partial charge in [0.25, 0.3) is 0 Å². The molecule has 33 heavy (non-hydrogen) atoms. The van der Waals surface area contributed by atoms with E-state index in [1.54, 1.807) is 18.3 Å². The molecule has 0 atom stereocenters. The molecule has 0 amide bonds. The average Bonchev–Trinajstić information content (AvgIpc) is 3.53. The molecule has 1 saturated heterocycles. The Hall–Kier alpha value is -3.85. The standard InChI is InChI=1S/C24H24FN7O/c1-33-21-6-4-5-20(22(21)25)32-24(28-29-30-32)19-13-18(14-27-23(19)26)17-9-7-16(8-10-17)15-31-11-2-3-12-31/h4-10,13-14H,2-3,11-12,15H2,1H3,(H2,26,27). The van der Waals surface area contributed by atoms with Crippen molar-refractivity contribution in [2.45, 2.75) is 19.4 Å². The maximum Gasteiger partial charge on any atom is 0.190 e. The van der Waals surface area contributed by atoms with Gasteiger partial charge in [-0.2, -0.15) is 4.68 Å². The number of hydrogen-bond acceptors (Lipinski definition) is 7. The van der Waals surface area contributed by atoms with Crippen molar-refractivity contribution in [3.63, 3.8) is 0 Å². The summed E-state index contributed by atoms with van der Waals surface area (Å²) in [6, 6.07) is 15.1. The number of pyridine rings is 1. The number of tetrazole rings is 1. The Kier molecular flexibility index (Phi) is 5.70. The predicted molar refractivity (Wildman–Crippen MR) is 123 cm³/mol. The third-order valence-corrected chi connectivity index (χ3v) is 5.91. The van der Waals surface area contributed by atoms with Gasteiger partial charge in [0.1, 0.15) is 11.5 Å². The largest absolute Gasteiger partial charge is 0.494 e. The van der Waals surface area contributed by atoms with Crippen molar-refractivity contribution in [1.82, 2.24) is 30.1 Å². The van der Waals surface area contributed by atoms with Gasteiger partial charge in [-0.1, -0.05) is 30.3 Å². The van der Waals surface area contributed by atoms with E-state index in [0.29, 0.717) is 11.4 Å². The fraction of sp³-hybridized carbons (Fsp3) is 0.250. The van der Waals surface area contributed by atoms with Crippen LogP contribution in [-0.2, 0) is 6.54 Å². The molecule has 8 nitrogen and oxygen atoms in total. The summed E-state index contributed by atoms with van der Waals surface area (Å²) in [6.45, 7) is 3.29. The number of nitrogen functional groups attached to an aromatic ring is 1. The Labute approximate surface area is 190 Å². The van der Waals surface area contributed by atoms with Gasteiger partial charge in [-0.15, -0.1) is 5.10 Å². The molecule has 1 aliphatic heterocycles. The number of halogens is 1. The highest BCUT2D eigenvalue weighted by molar-refractivity contribution is 5.76. The fourth-order valence-electron chi connectivity index (χ4n) is 4.15. The number of nitrogens with zero attached hydrogens (tertiary/aromatic N) is 6. The van der Waals surface area contributed by atoms with Crippen molar-refractivity contribution in [3.8, 4) is 34.0 Å². The topological polar surface area (TPSA) is 95.0 Å². The van der Waals surface area contributed by atoms with Crippen molar-refractivity contribution in [3.05, 3.63) is 66.1 Å². The lowest BCUT2D eigenvalue weighted by molar-refractivity contribution is 0.331. The second-order valence-electron chi connectivity index (χ2n) is 8.04. The molecule has 1 aliphatic rings. The molecule has 0 spiro atoms. The summed E-state index contributed by atoms with van der Waals surface area (Å²) in [4.78, 5) is 6.82. The van der Waals surface area contributed by atoms with Crippen LogP contribution in [0.25, 0.3) is 28.2 Å². The molecule has 4 aromatic rings. The second kappa shape index (κ2) is 8.95. The summed E-state index contributed by atoms with van der Waals surface area (Å²) >= 11 is 0. The maximum absolute atomic E-state index is 14.9.